The molecule has 0 saturated heterocycles. The fraction of sp³-hybridized carbons (Fsp3) is 0.235. The molecular weight excluding hydrogens is 536 g/mol. The Kier molecular flexibility index (Phi) is 9.99. The van der Waals surface area contributed by atoms with Crippen molar-refractivity contribution in [2.75, 3.05) is 12.4 Å². The molecule has 6 nitrogen and oxygen atoms in total. The molecule has 212 valence electrons. The van der Waals surface area contributed by atoms with Crippen molar-refractivity contribution in [3.63, 3.8) is 0 Å². The van der Waals surface area contributed by atoms with Gasteiger partial charge < -0.3 is 18.9 Å². The summed E-state index contributed by atoms with van der Waals surface area (Å²) in [4.78, 5) is 0.248. The van der Waals surface area contributed by atoms with Crippen LogP contribution >= 0.6 is 0 Å². The molecule has 1 heterocycles. The zero-order valence-electron chi connectivity index (χ0n) is 22.7. The predicted molar refractivity (Wildman–Crippen MR) is 158 cm³/mol. The summed E-state index contributed by atoms with van der Waals surface area (Å²) in [6.07, 6.45) is -0.266. The van der Waals surface area contributed by atoms with Crippen molar-refractivity contribution in [1.82, 2.24) is 0 Å². The lowest BCUT2D eigenvalue weighted by molar-refractivity contribution is -0.151. The van der Waals surface area contributed by atoms with E-state index in [2.05, 4.69) is 0 Å². The van der Waals surface area contributed by atoms with E-state index in [4.69, 9.17) is 18.9 Å². The summed E-state index contributed by atoms with van der Waals surface area (Å²) in [5.74, 6) is -0.251. The maximum absolute atomic E-state index is 13.4. The minimum Gasteiger partial charge on any atom is -0.493 e. The minimum absolute atomic E-state index is 0.245. The highest BCUT2D eigenvalue weighted by molar-refractivity contribution is 7.91. The summed E-state index contributed by atoms with van der Waals surface area (Å²) < 4.78 is 51.9. The van der Waals surface area contributed by atoms with Crippen molar-refractivity contribution >= 4 is 9.84 Å². The predicted octanol–water partition coefficient (Wildman–Crippen LogP) is 6.13. The van der Waals surface area contributed by atoms with Crippen LogP contribution in [-0.4, -0.2) is 39.1 Å². The van der Waals surface area contributed by atoms with E-state index in [1.807, 2.05) is 91.0 Å². The maximum atomic E-state index is 13.4. The van der Waals surface area contributed by atoms with Gasteiger partial charge in [-0.3, -0.25) is 0 Å². The molecule has 0 unspecified atom stereocenters. The molecule has 0 N–H and O–H groups in total. The van der Waals surface area contributed by atoms with Crippen molar-refractivity contribution in [3.8, 4) is 0 Å². The second-order valence-electron chi connectivity index (χ2n) is 9.92. The summed E-state index contributed by atoms with van der Waals surface area (Å²) in [5.41, 5.74) is 3.52. The first-order chi connectivity index (χ1) is 20.1. The van der Waals surface area contributed by atoms with Gasteiger partial charge in [-0.1, -0.05) is 109 Å². The Labute approximate surface area is 242 Å². The second kappa shape index (κ2) is 14.2. The molecule has 41 heavy (non-hydrogen) atoms. The molecular formula is C34H34O6S. The third-order valence-electron chi connectivity index (χ3n) is 6.83. The molecule has 1 aliphatic heterocycles. The van der Waals surface area contributed by atoms with Crippen LogP contribution in [0.5, 0.6) is 0 Å². The highest BCUT2D eigenvalue weighted by atomic mass is 32.2. The number of benzene rings is 4. The summed E-state index contributed by atoms with van der Waals surface area (Å²) in [5, 5.41) is 0. The van der Waals surface area contributed by atoms with E-state index in [9.17, 15) is 8.42 Å². The molecule has 0 aliphatic carbocycles. The zero-order valence-corrected chi connectivity index (χ0v) is 23.6. The van der Waals surface area contributed by atoms with E-state index >= 15 is 0 Å². The zero-order chi connectivity index (χ0) is 28.3. The Balaban J connectivity index is 1.40. The molecule has 0 spiro atoms. The molecule has 5 rings (SSSR count). The van der Waals surface area contributed by atoms with E-state index in [0.717, 1.165) is 16.7 Å². The first kappa shape index (κ1) is 28.8. The molecule has 0 amide bonds. The Morgan fingerprint density at radius 3 is 1.66 bits per heavy atom. The van der Waals surface area contributed by atoms with Crippen LogP contribution in [0.1, 0.15) is 16.7 Å². The first-order valence-corrected chi connectivity index (χ1v) is 15.3. The first-order valence-electron chi connectivity index (χ1n) is 13.6. The Morgan fingerprint density at radius 1 is 0.610 bits per heavy atom. The van der Waals surface area contributed by atoms with E-state index in [1.165, 1.54) is 6.26 Å². The standard InChI is InChI=1S/C34H34O6S/c35-41(36,31-19-11-4-12-20-31)26-30-24-38-32(25-37-21-27-13-5-1-6-14-27)34(40-23-29-17-9-3-10-18-29)33(30)39-22-28-15-7-2-8-16-28/h1-20,24,32-34H,21-23,25-26H2/t32-,33-,34+/m1/s1. The van der Waals surface area contributed by atoms with Crippen LogP contribution in [0.15, 0.2) is 138 Å². The summed E-state index contributed by atoms with van der Waals surface area (Å²) in [7, 11) is -3.65. The summed E-state index contributed by atoms with van der Waals surface area (Å²) in [6.45, 7) is 1.26. The molecule has 1 aliphatic rings. The number of rotatable bonds is 13. The van der Waals surface area contributed by atoms with Gasteiger partial charge in [-0.2, -0.15) is 0 Å². The van der Waals surface area contributed by atoms with E-state index in [0.29, 0.717) is 18.8 Å². The minimum atomic E-state index is -3.65. The van der Waals surface area contributed by atoms with Crippen LogP contribution in [0.4, 0.5) is 0 Å². The highest BCUT2D eigenvalue weighted by Crippen LogP contribution is 2.29. The fourth-order valence-corrected chi connectivity index (χ4v) is 6.11. The normalized spacial score (nSPS) is 18.8. The van der Waals surface area contributed by atoms with Crippen molar-refractivity contribution in [1.29, 1.82) is 0 Å². The molecule has 3 atom stereocenters. The van der Waals surface area contributed by atoms with Crippen LogP contribution in [0.3, 0.4) is 0 Å². The van der Waals surface area contributed by atoms with E-state index < -0.39 is 28.1 Å². The van der Waals surface area contributed by atoms with E-state index in [1.54, 1.807) is 30.3 Å². The molecule has 4 aromatic rings. The lowest BCUT2D eigenvalue weighted by Gasteiger charge is -2.38. The van der Waals surface area contributed by atoms with Gasteiger partial charge in [0, 0.05) is 5.57 Å². The van der Waals surface area contributed by atoms with E-state index in [-0.39, 0.29) is 23.9 Å². The maximum Gasteiger partial charge on any atom is 0.182 e. The number of sulfone groups is 1. The molecule has 7 heteroatoms. The molecule has 4 aromatic carbocycles. The van der Waals surface area contributed by atoms with Crippen molar-refractivity contribution in [2.24, 2.45) is 0 Å². The third kappa shape index (κ3) is 8.15. The van der Waals surface area contributed by atoms with Crippen LogP contribution in [-0.2, 0) is 48.6 Å². The average molecular weight is 571 g/mol. The summed E-state index contributed by atoms with van der Waals surface area (Å²) in [6, 6.07) is 38.0. The van der Waals surface area contributed by atoms with Gasteiger partial charge in [0.05, 0.1) is 43.3 Å². The second-order valence-corrected chi connectivity index (χ2v) is 11.9. The fourth-order valence-electron chi connectivity index (χ4n) is 4.70. The van der Waals surface area contributed by atoms with Gasteiger partial charge in [0.25, 0.3) is 0 Å². The van der Waals surface area contributed by atoms with Crippen LogP contribution in [0.25, 0.3) is 0 Å². The number of ether oxygens (including phenoxy) is 4. The topological polar surface area (TPSA) is 71.1 Å². The molecule has 0 aromatic heterocycles. The quantitative estimate of drug-likeness (QED) is 0.193. The lowest BCUT2D eigenvalue weighted by Crippen LogP contribution is -2.49. The van der Waals surface area contributed by atoms with Crippen molar-refractivity contribution in [3.05, 3.63) is 150 Å². The molecule has 0 fully saturated rings. The lowest BCUT2D eigenvalue weighted by atomic mass is 9.99. The smallest absolute Gasteiger partial charge is 0.182 e. The van der Waals surface area contributed by atoms with Gasteiger partial charge in [-0.15, -0.1) is 0 Å². The van der Waals surface area contributed by atoms with Crippen LogP contribution < -0.4 is 0 Å². The third-order valence-corrected chi connectivity index (χ3v) is 8.54. The van der Waals surface area contributed by atoms with Gasteiger partial charge in [-0.25, -0.2) is 8.42 Å². The Morgan fingerprint density at radius 2 is 1.10 bits per heavy atom. The number of hydrogen-bond donors (Lipinski definition) is 0. The molecule has 0 bridgehead atoms. The largest absolute Gasteiger partial charge is 0.493 e. The van der Waals surface area contributed by atoms with Crippen LogP contribution in [0, 0.1) is 0 Å². The van der Waals surface area contributed by atoms with Crippen LogP contribution in [0.2, 0.25) is 0 Å². The SMILES string of the molecule is O=S(=O)(CC1=CO[C@H](COCc2ccccc2)[C@H](OCc2ccccc2)[C@@H]1OCc1ccccc1)c1ccccc1. The number of hydrogen-bond acceptors (Lipinski definition) is 6. The van der Waals surface area contributed by atoms with Gasteiger partial charge in [0.15, 0.2) is 9.84 Å². The van der Waals surface area contributed by atoms with Crippen molar-refractivity contribution in [2.45, 2.75) is 43.0 Å². The summed E-state index contributed by atoms with van der Waals surface area (Å²) >= 11 is 0. The van der Waals surface area contributed by atoms with Gasteiger partial charge in [-0.05, 0) is 28.8 Å². The molecule has 0 saturated carbocycles. The Hall–Kier alpha value is -3.75. The monoisotopic (exact) mass is 570 g/mol. The van der Waals surface area contributed by atoms with Crippen molar-refractivity contribution < 1.29 is 27.4 Å². The van der Waals surface area contributed by atoms with Gasteiger partial charge >= 0.3 is 0 Å². The molecule has 0 radical (unpaired) electrons. The Bertz CT molecular complexity index is 1480. The van der Waals surface area contributed by atoms with Gasteiger partial charge in [0.1, 0.15) is 18.3 Å². The highest BCUT2D eigenvalue weighted by Gasteiger charge is 2.40. The van der Waals surface area contributed by atoms with Gasteiger partial charge in [0.2, 0.25) is 0 Å². The average Bonchev–Trinajstić information content (AvgIpc) is 3.02.